The molecule has 0 bridgehead atoms. The maximum atomic E-state index is 13.0. The van der Waals surface area contributed by atoms with Gasteiger partial charge in [-0.1, -0.05) is 20.8 Å². The van der Waals surface area contributed by atoms with Crippen LogP contribution in [0.2, 0.25) is 0 Å². The molecular weight excluding hydrogens is 414 g/mol. The van der Waals surface area contributed by atoms with E-state index in [1.165, 1.54) is 16.2 Å². The summed E-state index contributed by atoms with van der Waals surface area (Å²) in [4.78, 5) is 27.0. The van der Waals surface area contributed by atoms with Crippen LogP contribution in [0.3, 0.4) is 0 Å². The zero-order valence-corrected chi connectivity index (χ0v) is 19.3. The van der Waals surface area contributed by atoms with Crippen molar-refractivity contribution < 1.29 is 23.8 Å². The van der Waals surface area contributed by atoms with E-state index in [2.05, 4.69) is 26.1 Å². The normalized spacial score (nSPS) is 17.6. The van der Waals surface area contributed by atoms with Gasteiger partial charge in [0.25, 0.3) is 5.91 Å². The van der Waals surface area contributed by atoms with Crippen LogP contribution in [0.1, 0.15) is 65.3 Å². The first kappa shape index (κ1) is 21.7. The van der Waals surface area contributed by atoms with Crippen molar-refractivity contribution >= 4 is 28.2 Å². The van der Waals surface area contributed by atoms with Crippen molar-refractivity contribution in [2.45, 2.75) is 47.0 Å². The van der Waals surface area contributed by atoms with Gasteiger partial charge in [-0.15, -0.1) is 11.3 Å². The summed E-state index contributed by atoms with van der Waals surface area (Å²) in [7, 11) is 0. The van der Waals surface area contributed by atoms with Crippen molar-refractivity contribution in [2.75, 3.05) is 25.1 Å². The molecule has 31 heavy (non-hydrogen) atoms. The van der Waals surface area contributed by atoms with Gasteiger partial charge in [0.05, 0.1) is 12.2 Å². The maximum Gasteiger partial charge on any atom is 0.341 e. The van der Waals surface area contributed by atoms with Crippen LogP contribution in [-0.4, -0.2) is 31.7 Å². The van der Waals surface area contributed by atoms with Gasteiger partial charge in [0, 0.05) is 10.4 Å². The molecule has 6 nitrogen and oxygen atoms in total. The summed E-state index contributed by atoms with van der Waals surface area (Å²) in [5.41, 5.74) is 2.19. The zero-order valence-electron chi connectivity index (χ0n) is 18.5. The number of ether oxygens (including phenoxy) is 3. The van der Waals surface area contributed by atoms with Crippen molar-refractivity contribution in [1.82, 2.24) is 0 Å². The molecule has 1 amide bonds. The SMILES string of the molecule is CCOC(=O)c1c(NC(=O)c2ccc3c(c2)OCCO3)sc2c1CCC(C(C)(C)C)C2. The first-order chi connectivity index (χ1) is 14.8. The van der Waals surface area contributed by atoms with E-state index in [1.54, 1.807) is 25.1 Å². The molecule has 1 aliphatic carbocycles. The highest BCUT2D eigenvalue weighted by atomic mass is 32.1. The van der Waals surface area contributed by atoms with Crippen LogP contribution >= 0.6 is 11.3 Å². The predicted octanol–water partition coefficient (Wildman–Crippen LogP) is 5.10. The average Bonchev–Trinajstić information content (AvgIpc) is 3.10. The number of thiophene rings is 1. The standard InChI is InChI=1S/C24H29NO5S/c1-5-28-23(27)20-16-8-7-15(24(2,3)4)13-19(16)31-22(20)25-21(26)14-6-9-17-18(12-14)30-11-10-29-17/h6,9,12,15H,5,7-8,10-11,13H2,1-4H3,(H,25,26). The number of carbonyl (C=O) groups excluding carboxylic acids is 2. The Morgan fingerprint density at radius 3 is 2.65 bits per heavy atom. The Morgan fingerprint density at radius 1 is 1.19 bits per heavy atom. The van der Waals surface area contributed by atoms with Gasteiger partial charge in [0.1, 0.15) is 18.2 Å². The quantitative estimate of drug-likeness (QED) is 0.666. The number of hydrogen-bond acceptors (Lipinski definition) is 6. The Bertz CT molecular complexity index is 1000. The minimum atomic E-state index is -0.369. The van der Waals surface area contributed by atoms with Gasteiger partial charge in [-0.2, -0.15) is 0 Å². The highest BCUT2D eigenvalue weighted by molar-refractivity contribution is 7.17. The van der Waals surface area contributed by atoms with E-state index >= 15 is 0 Å². The lowest BCUT2D eigenvalue weighted by Crippen LogP contribution is -2.26. The Morgan fingerprint density at radius 2 is 1.94 bits per heavy atom. The smallest absolute Gasteiger partial charge is 0.341 e. The van der Waals surface area contributed by atoms with Gasteiger partial charge in [0.2, 0.25) is 0 Å². The van der Waals surface area contributed by atoms with Crippen LogP contribution < -0.4 is 14.8 Å². The van der Waals surface area contributed by atoms with Crippen LogP contribution in [0.25, 0.3) is 0 Å². The minimum Gasteiger partial charge on any atom is -0.486 e. The number of anilines is 1. The molecule has 1 atom stereocenters. The Labute approximate surface area is 186 Å². The predicted molar refractivity (Wildman–Crippen MR) is 121 cm³/mol. The second kappa shape index (κ2) is 8.54. The second-order valence-electron chi connectivity index (χ2n) is 9.05. The largest absolute Gasteiger partial charge is 0.486 e. The third-order valence-corrected chi connectivity index (χ3v) is 7.17. The molecule has 1 aromatic carbocycles. The third kappa shape index (κ3) is 4.42. The number of esters is 1. The zero-order chi connectivity index (χ0) is 22.2. The van der Waals surface area contributed by atoms with Crippen LogP contribution in [0, 0.1) is 11.3 Å². The van der Waals surface area contributed by atoms with E-state index in [9.17, 15) is 9.59 Å². The minimum absolute atomic E-state index is 0.195. The van der Waals surface area contributed by atoms with Crippen LogP contribution in [0.4, 0.5) is 5.00 Å². The number of rotatable bonds is 4. The molecule has 4 rings (SSSR count). The molecule has 166 valence electrons. The fourth-order valence-electron chi connectivity index (χ4n) is 4.19. The van der Waals surface area contributed by atoms with E-state index in [0.29, 0.717) is 53.4 Å². The maximum absolute atomic E-state index is 13.0. The Hall–Kier alpha value is -2.54. The molecule has 1 aliphatic heterocycles. The number of fused-ring (bicyclic) bond motifs is 2. The number of benzene rings is 1. The van der Waals surface area contributed by atoms with Crippen LogP contribution in [0.5, 0.6) is 11.5 Å². The van der Waals surface area contributed by atoms with Crippen molar-refractivity contribution in [3.63, 3.8) is 0 Å². The molecule has 2 aromatic rings. The summed E-state index contributed by atoms with van der Waals surface area (Å²) in [5, 5.41) is 3.53. The molecule has 2 aliphatic rings. The number of carbonyl (C=O) groups is 2. The molecule has 2 heterocycles. The molecule has 0 saturated carbocycles. The monoisotopic (exact) mass is 443 g/mol. The number of nitrogens with one attached hydrogen (secondary N) is 1. The molecule has 0 saturated heterocycles. The highest BCUT2D eigenvalue weighted by Crippen LogP contribution is 2.44. The molecule has 1 aromatic heterocycles. The lowest BCUT2D eigenvalue weighted by molar-refractivity contribution is 0.0526. The van der Waals surface area contributed by atoms with Crippen LogP contribution in [0.15, 0.2) is 18.2 Å². The molecule has 1 N–H and O–H groups in total. The number of hydrogen-bond donors (Lipinski definition) is 1. The fourth-order valence-corrected chi connectivity index (χ4v) is 5.50. The van der Waals surface area contributed by atoms with Crippen molar-refractivity contribution in [1.29, 1.82) is 0 Å². The van der Waals surface area contributed by atoms with Gasteiger partial charge in [0.15, 0.2) is 11.5 Å². The van der Waals surface area contributed by atoms with Gasteiger partial charge in [-0.25, -0.2) is 4.79 Å². The van der Waals surface area contributed by atoms with E-state index in [1.807, 2.05) is 0 Å². The summed E-state index contributed by atoms with van der Waals surface area (Å²) in [6.07, 6.45) is 2.76. The van der Waals surface area contributed by atoms with E-state index in [-0.39, 0.29) is 17.3 Å². The molecule has 0 spiro atoms. The van der Waals surface area contributed by atoms with E-state index in [4.69, 9.17) is 14.2 Å². The van der Waals surface area contributed by atoms with Crippen molar-refractivity contribution in [2.24, 2.45) is 11.3 Å². The second-order valence-corrected chi connectivity index (χ2v) is 10.2. The summed E-state index contributed by atoms with van der Waals surface area (Å²) in [6, 6.07) is 5.12. The Balaban J connectivity index is 1.63. The summed E-state index contributed by atoms with van der Waals surface area (Å²) >= 11 is 1.50. The van der Waals surface area contributed by atoms with Crippen molar-refractivity contribution in [3.8, 4) is 11.5 Å². The van der Waals surface area contributed by atoms with Crippen LogP contribution in [-0.2, 0) is 17.6 Å². The van der Waals surface area contributed by atoms with Gasteiger partial charge >= 0.3 is 5.97 Å². The first-order valence-electron chi connectivity index (χ1n) is 10.8. The topological polar surface area (TPSA) is 73.9 Å². The van der Waals surface area contributed by atoms with Gasteiger partial charge in [-0.3, -0.25) is 4.79 Å². The number of amides is 1. The van der Waals surface area contributed by atoms with Crippen molar-refractivity contribution in [3.05, 3.63) is 39.8 Å². The summed E-state index contributed by atoms with van der Waals surface area (Å²) in [5.74, 6) is 1.08. The Kier molecular flexibility index (Phi) is 5.97. The molecule has 1 unspecified atom stereocenters. The highest BCUT2D eigenvalue weighted by Gasteiger charge is 2.34. The first-order valence-corrected chi connectivity index (χ1v) is 11.6. The van der Waals surface area contributed by atoms with E-state index < -0.39 is 0 Å². The summed E-state index contributed by atoms with van der Waals surface area (Å²) in [6.45, 7) is 9.81. The molecule has 7 heteroatoms. The third-order valence-electron chi connectivity index (χ3n) is 6.00. The average molecular weight is 444 g/mol. The molecular formula is C24H29NO5S. The lowest BCUT2D eigenvalue weighted by Gasteiger charge is -2.33. The van der Waals surface area contributed by atoms with Gasteiger partial charge in [-0.05, 0) is 61.3 Å². The molecule has 0 radical (unpaired) electrons. The van der Waals surface area contributed by atoms with E-state index in [0.717, 1.165) is 24.8 Å². The lowest BCUT2D eigenvalue weighted by atomic mass is 9.72. The van der Waals surface area contributed by atoms with Gasteiger partial charge < -0.3 is 19.5 Å². The fraction of sp³-hybridized carbons (Fsp3) is 0.500. The molecule has 0 fully saturated rings. The summed E-state index contributed by atoms with van der Waals surface area (Å²) < 4.78 is 16.5.